The highest BCUT2D eigenvalue weighted by atomic mass is 32.1. The Hall–Kier alpha value is -3.75. The van der Waals surface area contributed by atoms with Gasteiger partial charge in [0.15, 0.2) is 5.13 Å². The molecular weight excluding hydrogens is 509 g/mol. The fourth-order valence-electron chi connectivity index (χ4n) is 6.46. The molecule has 2 atom stereocenters. The van der Waals surface area contributed by atoms with Gasteiger partial charge in [-0.2, -0.15) is 5.26 Å². The Balaban J connectivity index is 1.19. The Morgan fingerprint density at radius 2 is 1.97 bits per heavy atom. The third-order valence-electron chi connectivity index (χ3n) is 8.25. The monoisotopic (exact) mass is 533 g/mol. The number of morpholine rings is 1. The van der Waals surface area contributed by atoms with Crippen LogP contribution in [0.15, 0.2) is 30.3 Å². The summed E-state index contributed by atoms with van der Waals surface area (Å²) in [7, 11) is 1.48. The van der Waals surface area contributed by atoms with Crippen molar-refractivity contribution < 1.29 is 23.5 Å². The van der Waals surface area contributed by atoms with Crippen molar-refractivity contribution in [1.29, 1.82) is 5.26 Å². The van der Waals surface area contributed by atoms with Gasteiger partial charge in [0, 0.05) is 5.54 Å². The summed E-state index contributed by atoms with van der Waals surface area (Å²) in [5, 5.41) is 15.8. The van der Waals surface area contributed by atoms with Crippen LogP contribution in [0.2, 0.25) is 0 Å². The number of benzene rings is 2. The van der Waals surface area contributed by atoms with Crippen LogP contribution in [0, 0.1) is 22.6 Å². The first-order chi connectivity index (χ1) is 18.3. The van der Waals surface area contributed by atoms with Gasteiger partial charge in [-0.3, -0.25) is 9.59 Å². The summed E-state index contributed by atoms with van der Waals surface area (Å²) >= 11 is 1.41. The molecule has 0 spiro atoms. The smallest absolute Gasteiger partial charge is 0.260 e. The number of aromatic nitrogens is 1. The van der Waals surface area contributed by atoms with Crippen molar-refractivity contribution in [3.05, 3.63) is 47.3 Å². The Labute approximate surface area is 221 Å². The van der Waals surface area contributed by atoms with Gasteiger partial charge >= 0.3 is 0 Å². The van der Waals surface area contributed by atoms with Crippen molar-refractivity contribution >= 4 is 44.2 Å². The Bertz CT molecular complexity index is 1530. The third-order valence-corrected chi connectivity index (χ3v) is 9.35. The van der Waals surface area contributed by atoms with Crippen LogP contribution in [0.3, 0.4) is 0 Å². The molecule has 5 fully saturated rings. The number of carbonyl (C=O) groups is 2. The second-order valence-electron chi connectivity index (χ2n) is 10.8. The van der Waals surface area contributed by atoms with E-state index in [1.807, 2.05) is 6.07 Å². The number of carbonyl (C=O) groups excluding carboxylic acids is 2. The van der Waals surface area contributed by atoms with Gasteiger partial charge in [-0.15, -0.1) is 0 Å². The summed E-state index contributed by atoms with van der Waals surface area (Å²) < 4.78 is 26.0. The van der Waals surface area contributed by atoms with E-state index in [4.69, 9.17) is 14.5 Å². The standard InChI is InChI=1S/C27H24FN5O4S/c1-36-20-5-4-18-22(38-25(31-18)33-15-7-16(33)9-37-8-15)21(20)24(35)30-19-6-14(28)2-3-17(19)23(34)32-27-10-26(11-27,12-27)13-29/h2-6,15-16H,7-12H2,1H3,(H,30,35)(H,32,34). The number of rotatable bonds is 6. The number of fused-ring (bicyclic) bond motifs is 3. The Morgan fingerprint density at radius 3 is 2.66 bits per heavy atom. The van der Waals surface area contributed by atoms with Crippen molar-refractivity contribution in [2.45, 2.75) is 43.3 Å². The lowest BCUT2D eigenvalue weighted by Gasteiger charge is -2.66. The maximum Gasteiger partial charge on any atom is 0.260 e. The molecule has 0 radical (unpaired) electrons. The second kappa shape index (κ2) is 8.12. The number of hydrogen-bond donors (Lipinski definition) is 2. The molecule has 38 heavy (non-hydrogen) atoms. The van der Waals surface area contributed by atoms with Gasteiger partial charge in [0.05, 0.1) is 65.4 Å². The minimum atomic E-state index is -0.581. The van der Waals surface area contributed by atoms with Gasteiger partial charge in [0.1, 0.15) is 17.1 Å². The van der Waals surface area contributed by atoms with Crippen LogP contribution in [-0.4, -0.2) is 54.7 Å². The van der Waals surface area contributed by atoms with Crippen LogP contribution >= 0.6 is 11.3 Å². The second-order valence-corrected chi connectivity index (χ2v) is 11.8. The van der Waals surface area contributed by atoms with E-state index in [0.29, 0.717) is 48.4 Å². The number of nitrogens with one attached hydrogen (secondary N) is 2. The van der Waals surface area contributed by atoms with E-state index in [9.17, 15) is 19.2 Å². The molecule has 5 aliphatic rings. The van der Waals surface area contributed by atoms with Gasteiger partial charge in [0.2, 0.25) is 0 Å². The van der Waals surface area contributed by atoms with E-state index in [1.165, 1.54) is 30.6 Å². The van der Waals surface area contributed by atoms with Gasteiger partial charge in [-0.05, 0) is 56.0 Å². The zero-order valence-corrected chi connectivity index (χ0v) is 21.4. The number of methoxy groups -OCH3 is 1. The first-order valence-electron chi connectivity index (χ1n) is 12.5. The topological polar surface area (TPSA) is 117 Å². The number of ether oxygens (including phenoxy) is 2. The largest absolute Gasteiger partial charge is 0.496 e. The van der Waals surface area contributed by atoms with E-state index in [1.54, 1.807) is 6.07 Å². The van der Waals surface area contributed by atoms with E-state index in [0.717, 1.165) is 17.6 Å². The minimum Gasteiger partial charge on any atom is -0.496 e. The molecule has 1 aromatic heterocycles. The summed E-state index contributed by atoms with van der Waals surface area (Å²) in [4.78, 5) is 33.8. The number of nitrogens with zero attached hydrogens (tertiary/aromatic N) is 3. The zero-order valence-electron chi connectivity index (χ0n) is 20.5. The molecule has 2 aromatic carbocycles. The van der Waals surface area contributed by atoms with Crippen LogP contribution in [0.25, 0.3) is 10.2 Å². The number of thiazole rings is 1. The first-order valence-corrected chi connectivity index (χ1v) is 13.3. The highest BCUT2D eigenvalue weighted by Crippen LogP contribution is 2.66. The molecule has 2 N–H and O–H groups in total. The molecule has 2 amide bonds. The van der Waals surface area contributed by atoms with Gasteiger partial charge < -0.3 is 25.0 Å². The number of halogens is 1. The van der Waals surface area contributed by atoms with Crippen molar-refractivity contribution in [1.82, 2.24) is 10.3 Å². The lowest BCUT2D eigenvalue weighted by Crippen LogP contribution is -2.74. The maximum absolute atomic E-state index is 14.3. The van der Waals surface area contributed by atoms with E-state index < -0.39 is 23.2 Å². The molecule has 3 aromatic rings. The van der Waals surface area contributed by atoms with Crippen LogP contribution in [0.4, 0.5) is 15.2 Å². The van der Waals surface area contributed by atoms with Crippen LogP contribution in [0.1, 0.15) is 46.4 Å². The SMILES string of the molecule is COc1ccc2nc(N3C4COCC3C4)sc2c1C(=O)Nc1cc(F)ccc1C(=O)NC12CC(C#N)(C1)C2. The summed E-state index contributed by atoms with van der Waals surface area (Å²) in [5.41, 5.74) is 0.442. The molecule has 9 nitrogen and oxygen atoms in total. The quantitative estimate of drug-likeness (QED) is 0.494. The van der Waals surface area contributed by atoms with E-state index >= 15 is 0 Å². The molecular formula is C27H24FN5O4S. The first kappa shape index (κ1) is 23.4. The summed E-state index contributed by atoms with van der Waals surface area (Å²) in [6, 6.07) is 10.1. The van der Waals surface area contributed by atoms with Crippen LogP contribution < -0.4 is 20.3 Å². The minimum absolute atomic E-state index is 0.0623. The molecule has 3 saturated carbocycles. The number of hydrogen-bond acceptors (Lipinski definition) is 8. The predicted octanol–water partition coefficient (Wildman–Crippen LogP) is 3.85. The zero-order chi connectivity index (χ0) is 26.2. The van der Waals surface area contributed by atoms with Gasteiger partial charge in [0.25, 0.3) is 11.8 Å². The van der Waals surface area contributed by atoms with E-state index in [2.05, 4.69) is 21.6 Å². The van der Waals surface area contributed by atoms with Crippen molar-refractivity contribution in [2.24, 2.45) is 5.41 Å². The molecule has 194 valence electrons. The molecule has 2 aliphatic heterocycles. The van der Waals surface area contributed by atoms with Crippen molar-refractivity contribution in [3.63, 3.8) is 0 Å². The lowest BCUT2D eigenvalue weighted by molar-refractivity contribution is -0.102. The third kappa shape index (κ3) is 3.40. The maximum atomic E-state index is 14.3. The molecule has 2 saturated heterocycles. The Morgan fingerprint density at radius 1 is 1.21 bits per heavy atom. The average Bonchev–Trinajstić information content (AvgIpc) is 3.27. The molecule has 3 heterocycles. The summed E-state index contributed by atoms with van der Waals surface area (Å²) in [6.07, 6.45) is 2.91. The predicted molar refractivity (Wildman–Crippen MR) is 138 cm³/mol. The number of nitriles is 1. The van der Waals surface area contributed by atoms with Crippen molar-refractivity contribution in [3.8, 4) is 11.8 Å². The molecule has 2 unspecified atom stereocenters. The van der Waals surface area contributed by atoms with Gasteiger partial charge in [-0.25, -0.2) is 9.37 Å². The highest BCUT2D eigenvalue weighted by molar-refractivity contribution is 7.22. The number of amides is 2. The fraction of sp³-hybridized carbons (Fsp3) is 0.407. The van der Waals surface area contributed by atoms with Crippen LogP contribution in [-0.2, 0) is 4.74 Å². The fourth-order valence-corrected chi connectivity index (χ4v) is 7.70. The molecule has 8 rings (SSSR count). The number of anilines is 2. The normalized spacial score (nSPS) is 28.4. The summed E-state index contributed by atoms with van der Waals surface area (Å²) in [5.74, 6) is -1.16. The Kier molecular flexibility index (Phi) is 5.00. The van der Waals surface area contributed by atoms with E-state index in [-0.39, 0.29) is 34.3 Å². The summed E-state index contributed by atoms with van der Waals surface area (Å²) in [6.45, 7) is 1.32. The van der Waals surface area contributed by atoms with Gasteiger partial charge in [-0.1, -0.05) is 11.3 Å². The lowest BCUT2D eigenvalue weighted by atomic mass is 9.40. The molecule has 3 aliphatic carbocycles. The van der Waals surface area contributed by atoms with Crippen LogP contribution in [0.5, 0.6) is 5.75 Å². The van der Waals surface area contributed by atoms with Crippen molar-refractivity contribution in [2.75, 3.05) is 30.5 Å². The highest BCUT2D eigenvalue weighted by Gasteiger charge is 2.69. The average molecular weight is 534 g/mol. The molecule has 4 bridgehead atoms. The molecule has 11 heteroatoms.